The molecule has 0 spiro atoms. The molecule has 7 nitrogen and oxygen atoms in total. The van der Waals surface area contributed by atoms with Crippen LogP contribution in [0.25, 0.3) is 10.9 Å². The van der Waals surface area contributed by atoms with E-state index in [0.717, 1.165) is 42.5 Å². The van der Waals surface area contributed by atoms with Gasteiger partial charge in [0, 0.05) is 17.5 Å². The van der Waals surface area contributed by atoms with Gasteiger partial charge >= 0.3 is 0 Å². The van der Waals surface area contributed by atoms with E-state index in [4.69, 9.17) is 0 Å². The van der Waals surface area contributed by atoms with E-state index in [2.05, 4.69) is 31.8 Å². The summed E-state index contributed by atoms with van der Waals surface area (Å²) in [5.74, 6) is -0.450. The molecular weight excluding hydrogens is 306 g/mol. The van der Waals surface area contributed by atoms with Gasteiger partial charge in [-0.25, -0.2) is 0 Å². The summed E-state index contributed by atoms with van der Waals surface area (Å²) in [7, 11) is 0. The van der Waals surface area contributed by atoms with Crippen LogP contribution < -0.4 is 16.0 Å². The highest BCUT2D eigenvalue weighted by Gasteiger charge is 2.26. The quantitative estimate of drug-likeness (QED) is 0.737. The van der Waals surface area contributed by atoms with Crippen LogP contribution in [0.2, 0.25) is 0 Å². The van der Waals surface area contributed by atoms with E-state index in [1.807, 2.05) is 18.3 Å². The second-order valence-corrected chi connectivity index (χ2v) is 6.49. The summed E-state index contributed by atoms with van der Waals surface area (Å²) in [6.07, 6.45) is 4.96. The number of nitrogens with zero attached hydrogens (tertiary/aromatic N) is 2. The van der Waals surface area contributed by atoms with Crippen LogP contribution in [0.4, 0.5) is 5.69 Å². The monoisotopic (exact) mass is 327 g/mol. The maximum Gasteiger partial charge on any atom is 0.249 e. The Morgan fingerprint density at radius 3 is 2.79 bits per heavy atom. The number of piperidine rings is 2. The Hall–Kier alpha value is -2.41. The fourth-order valence-corrected chi connectivity index (χ4v) is 3.52. The van der Waals surface area contributed by atoms with E-state index in [0.29, 0.717) is 18.9 Å². The van der Waals surface area contributed by atoms with Gasteiger partial charge in [-0.05, 0) is 50.6 Å². The first-order valence-corrected chi connectivity index (χ1v) is 8.49. The first kappa shape index (κ1) is 15.1. The second kappa shape index (κ2) is 6.24. The molecule has 24 heavy (non-hydrogen) atoms. The number of amides is 2. The molecule has 2 amide bonds. The third kappa shape index (κ3) is 2.87. The second-order valence-electron chi connectivity index (χ2n) is 6.49. The predicted octanol–water partition coefficient (Wildman–Crippen LogP) is 1.18. The molecule has 0 bridgehead atoms. The highest BCUT2D eigenvalue weighted by atomic mass is 16.2. The molecule has 1 aromatic heterocycles. The zero-order valence-corrected chi connectivity index (χ0v) is 13.4. The minimum Gasteiger partial charge on any atom is -0.374 e. The zero-order chi connectivity index (χ0) is 16.5. The first-order chi connectivity index (χ1) is 11.7. The standard InChI is InChI=1S/C17H21N5O2/c23-16-4-2-14(17(24)21-16)20-12-1-3-15-11(9-12)10-19-22(15)13-5-7-18-8-6-13/h1,3,9-10,13-14,18,20H,2,4-8H2,(H,21,23,24). The summed E-state index contributed by atoms with van der Waals surface area (Å²) in [6.45, 7) is 2.06. The lowest BCUT2D eigenvalue weighted by molar-refractivity contribution is -0.133. The number of aromatic nitrogens is 2. The summed E-state index contributed by atoms with van der Waals surface area (Å²) in [6, 6.07) is 6.13. The van der Waals surface area contributed by atoms with Crippen molar-refractivity contribution in [3.8, 4) is 0 Å². The molecule has 2 aliphatic rings. The lowest BCUT2D eigenvalue weighted by Gasteiger charge is -2.24. The molecule has 1 aromatic carbocycles. The Kier molecular flexibility index (Phi) is 3.93. The van der Waals surface area contributed by atoms with Crippen molar-refractivity contribution in [3.63, 3.8) is 0 Å². The first-order valence-electron chi connectivity index (χ1n) is 8.49. The number of nitrogens with one attached hydrogen (secondary N) is 3. The molecule has 2 aromatic rings. The van der Waals surface area contributed by atoms with Gasteiger partial charge in [0.15, 0.2) is 0 Å². The van der Waals surface area contributed by atoms with E-state index in [1.165, 1.54) is 0 Å². The van der Waals surface area contributed by atoms with E-state index in [-0.39, 0.29) is 17.9 Å². The Balaban J connectivity index is 1.53. The topological polar surface area (TPSA) is 88.1 Å². The van der Waals surface area contributed by atoms with Crippen LogP contribution in [0.3, 0.4) is 0 Å². The normalized spacial score (nSPS) is 22.6. The van der Waals surface area contributed by atoms with Crippen molar-refractivity contribution in [2.24, 2.45) is 0 Å². The van der Waals surface area contributed by atoms with Gasteiger partial charge < -0.3 is 10.6 Å². The largest absolute Gasteiger partial charge is 0.374 e. The molecule has 3 N–H and O–H groups in total. The van der Waals surface area contributed by atoms with Crippen LogP contribution in [0.5, 0.6) is 0 Å². The number of carbonyl (C=O) groups is 2. The number of hydrogen-bond donors (Lipinski definition) is 3. The minimum atomic E-state index is -0.361. The van der Waals surface area contributed by atoms with Gasteiger partial charge in [0.2, 0.25) is 11.8 Å². The summed E-state index contributed by atoms with van der Waals surface area (Å²) in [5.41, 5.74) is 2.00. The Bertz CT molecular complexity index is 778. The maximum atomic E-state index is 11.9. The molecule has 0 saturated carbocycles. The summed E-state index contributed by atoms with van der Waals surface area (Å²) in [5, 5.41) is 14.6. The fourth-order valence-electron chi connectivity index (χ4n) is 3.52. The Labute approximate surface area is 139 Å². The number of benzene rings is 1. The minimum absolute atomic E-state index is 0.197. The predicted molar refractivity (Wildman–Crippen MR) is 90.7 cm³/mol. The molecule has 1 unspecified atom stereocenters. The van der Waals surface area contributed by atoms with Crippen LogP contribution in [-0.2, 0) is 9.59 Å². The third-order valence-electron chi connectivity index (χ3n) is 4.83. The SMILES string of the molecule is O=C1CCC(Nc2ccc3c(cnn3C3CCNCC3)c2)C(=O)N1. The average molecular weight is 327 g/mol. The molecule has 7 heteroatoms. The number of anilines is 1. The van der Waals surface area contributed by atoms with E-state index in [9.17, 15) is 9.59 Å². The van der Waals surface area contributed by atoms with Gasteiger partial charge in [-0.3, -0.25) is 19.6 Å². The number of imide groups is 1. The molecule has 0 radical (unpaired) electrons. The van der Waals surface area contributed by atoms with Crippen molar-refractivity contribution in [1.82, 2.24) is 20.4 Å². The van der Waals surface area contributed by atoms with Gasteiger partial charge in [-0.1, -0.05) is 0 Å². The van der Waals surface area contributed by atoms with Crippen LogP contribution in [-0.4, -0.2) is 40.7 Å². The van der Waals surface area contributed by atoms with E-state index < -0.39 is 0 Å². The van der Waals surface area contributed by atoms with Gasteiger partial charge in [0.05, 0.1) is 17.8 Å². The molecule has 126 valence electrons. The molecule has 4 rings (SSSR count). The van der Waals surface area contributed by atoms with Crippen molar-refractivity contribution in [2.45, 2.75) is 37.8 Å². The summed E-state index contributed by atoms with van der Waals surface area (Å²) < 4.78 is 2.12. The average Bonchev–Trinajstić information content (AvgIpc) is 3.01. The molecule has 1 atom stereocenters. The summed E-state index contributed by atoms with van der Waals surface area (Å²) in [4.78, 5) is 23.1. The van der Waals surface area contributed by atoms with E-state index >= 15 is 0 Å². The number of rotatable bonds is 3. The molecule has 2 fully saturated rings. The lowest BCUT2D eigenvalue weighted by Crippen LogP contribution is -2.47. The van der Waals surface area contributed by atoms with E-state index in [1.54, 1.807) is 0 Å². The van der Waals surface area contributed by atoms with Crippen LogP contribution in [0, 0.1) is 0 Å². The number of carbonyl (C=O) groups excluding carboxylic acids is 2. The highest BCUT2D eigenvalue weighted by Crippen LogP contribution is 2.26. The Morgan fingerprint density at radius 1 is 1.17 bits per heavy atom. The molecular formula is C17H21N5O2. The van der Waals surface area contributed by atoms with Crippen molar-refractivity contribution in [3.05, 3.63) is 24.4 Å². The zero-order valence-electron chi connectivity index (χ0n) is 13.4. The number of fused-ring (bicyclic) bond motifs is 1. The van der Waals surface area contributed by atoms with Gasteiger partial charge in [0.1, 0.15) is 6.04 Å². The fraction of sp³-hybridized carbons (Fsp3) is 0.471. The van der Waals surface area contributed by atoms with Crippen molar-refractivity contribution in [1.29, 1.82) is 0 Å². The maximum absolute atomic E-state index is 11.9. The van der Waals surface area contributed by atoms with Crippen LogP contribution in [0.15, 0.2) is 24.4 Å². The van der Waals surface area contributed by atoms with Crippen molar-refractivity contribution in [2.75, 3.05) is 18.4 Å². The van der Waals surface area contributed by atoms with Crippen molar-refractivity contribution >= 4 is 28.4 Å². The molecule has 0 aliphatic carbocycles. The molecule has 2 aliphatic heterocycles. The number of hydrogen-bond acceptors (Lipinski definition) is 5. The van der Waals surface area contributed by atoms with Crippen LogP contribution in [0.1, 0.15) is 31.7 Å². The van der Waals surface area contributed by atoms with Crippen LogP contribution >= 0.6 is 0 Å². The molecule has 3 heterocycles. The third-order valence-corrected chi connectivity index (χ3v) is 4.83. The van der Waals surface area contributed by atoms with Gasteiger partial charge in [0.25, 0.3) is 0 Å². The van der Waals surface area contributed by atoms with Gasteiger partial charge in [-0.15, -0.1) is 0 Å². The Morgan fingerprint density at radius 2 is 2.00 bits per heavy atom. The lowest BCUT2D eigenvalue weighted by atomic mass is 10.1. The smallest absolute Gasteiger partial charge is 0.249 e. The molecule has 2 saturated heterocycles. The van der Waals surface area contributed by atoms with Crippen molar-refractivity contribution < 1.29 is 9.59 Å². The van der Waals surface area contributed by atoms with Gasteiger partial charge in [-0.2, -0.15) is 5.10 Å². The summed E-state index contributed by atoms with van der Waals surface area (Å²) >= 11 is 0. The highest BCUT2D eigenvalue weighted by molar-refractivity contribution is 6.01.